The molecule has 0 unspecified atom stereocenters. The van der Waals surface area contributed by atoms with Crippen LogP contribution >= 0.6 is 11.8 Å². The minimum atomic E-state index is -4.56. The molecule has 2 aromatic heterocycles. The molecule has 0 atom stereocenters. The van der Waals surface area contributed by atoms with Crippen molar-refractivity contribution in [1.82, 2.24) is 15.3 Å². The van der Waals surface area contributed by atoms with Gasteiger partial charge in [-0.2, -0.15) is 18.4 Å². The lowest BCUT2D eigenvalue weighted by Gasteiger charge is -2.11. The lowest BCUT2D eigenvalue weighted by Crippen LogP contribution is -2.10. The van der Waals surface area contributed by atoms with Gasteiger partial charge in [-0.3, -0.25) is 0 Å². The van der Waals surface area contributed by atoms with E-state index in [9.17, 15) is 18.4 Å². The highest BCUT2D eigenvalue weighted by Crippen LogP contribution is 2.33. The maximum Gasteiger partial charge on any atom is 0.433 e. The van der Waals surface area contributed by atoms with Gasteiger partial charge in [0.1, 0.15) is 27.8 Å². The Morgan fingerprint density at radius 3 is 2.67 bits per heavy atom. The first-order chi connectivity index (χ1) is 11.4. The number of benzene rings is 1. The first-order valence-electron chi connectivity index (χ1n) is 6.71. The third-order valence-electron chi connectivity index (χ3n) is 3.28. The van der Waals surface area contributed by atoms with Gasteiger partial charge in [0.2, 0.25) is 0 Å². The first kappa shape index (κ1) is 16.3. The van der Waals surface area contributed by atoms with Gasteiger partial charge in [-0.25, -0.2) is 9.61 Å². The number of alkyl halides is 3. The normalized spacial score (nSPS) is 11.6. The van der Waals surface area contributed by atoms with Gasteiger partial charge in [0.05, 0.1) is 5.56 Å². The largest absolute Gasteiger partial charge is 0.433 e. The van der Waals surface area contributed by atoms with Crippen LogP contribution < -0.4 is 0 Å². The van der Waals surface area contributed by atoms with Crippen LogP contribution in [-0.4, -0.2) is 15.3 Å². The van der Waals surface area contributed by atoms with Gasteiger partial charge in [0, 0.05) is 5.75 Å². The predicted molar refractivity (Wildman–Crippen MR) is 80.1 cm³/mol. The summed E-state index contributed by atoms with van der Waals surface area (Å²) in [7, 11) is 0. The van der Waals surface area contributed by atoms with Crippen LogP contribution in [0.1, 0.15) is 22.4 Å². The van der Waals surface area contributed by atoms with Crippen molar-refractivity contribution in [3.05, 3.63) is 46.6 Å². The highest BCUT2D eigenvalue weighted by Gasteiger charge is 2.33. The minimum Gasteiger partial charge on any atom is -0.243 e. The molecule has 0 fully saturated rings. The number of thioether (sulfide) groups is 1. The molecule has 24 heavy (non-hydrogen) atoms. The summed E-state index contributed by atoms with van der Waals surface area (Å²) in [6.45, 7) is 1.46. The molecule has 3 rings (SSSR count). The molecule has 0 N–H and O–H groups in total. The number of nitrogens with zero attached hydrogens (tertiary/aromatic N) is 4. The van der Waals surface area contributed by atoms with Crippen LogP contribution in [0.15, 0.2) is 33.9 Å². The molecule has 5 nitrogen and oxygen atoms in total. The summed E-state index contributed by atoms with van der Waals surface area (Å²) < 4.78 is 43.3. The number of aromatic nitrogens is 3. The van der Waals surface area contributed by atoms with Crippen LogP contribution in [0.2, 0.25) is 0 Å². The van der Waals surface area contributed by atoms with Crippen molar-refractivity contribution in [1.29, 1.82) is 5.26 Å². The Morgan fingerprint density at radius 1 is 1.21 bits per heavy atom. The van der Waals surface area contributed by atoms with E-state index in [1.54, 1.807) is 18.2 Å². The first-order valence-corrected chi connectivity index (χ1v) is 7.70. The molecule has 0 aliphatic heterocycles. The van der Waals surface area contributed by atoms with E-state index in [4.69, 9.17) is 0 Å². The summed E-state index contributed by atoms with van der Waals surface area (Å²) in [6.07, 6.45) is -4.56. The number of nitriles is 1. The van der Waals surface area contributed by atoms with Gasteiger partial charge < -0.3 is 0 Å². The smallest absolute Gasteiger partial charge is 0.243 e. The highest BCUT2D eigenvalue weighted by molar-refractivity contribution is 7.98. The van der Waals surface area contributed by atoms with Gasteiger partial charge in [-0.1, -0.05) is 6.07 Å². The molecule has 0 spiro atoms. The molecule has 0 radical (unpaired) electrons. The highest BCUT2D eigenvalue weighted by atomic mass is 32.2. The zero-order valence-corrected chi connectivity index (χ0v) is 13.1. The third-order valence-corrected chi connectivity index (χ3v) is 4.33. The number of pyridine rings is 1. The molecule has 0 amide bonds. The van der Waals surface area contributed by atoms with E-state index in [0.717, 1.165) is 23.4 Å². The molecular weight excluding hydrogens is 341 g/mol. The molecule has 3 aromatic rings. The summed E-state index contributed by atoms with van der Waals surface area (Å²) in [4.78, 5) is 3.61. The number of hydrogen-bond donors (Lipinski definition) is 0. The summed E-state index contributed by atoms with van der Waals surface area (Å²) in [6, 6.07) is 8.00. The van der Waals surface area contributed by atoms with Gasteiger partial charge in [-0.05, 0) is 46.6 Å². The summed E-state index contributed by atoms with van der Waals surface area (Å²) in [5, 5.41) is 16.6. The number of aryl methyl sites for hydroxylation is 1. The van der Waals surface area contributed by atoms with E-state index < -0.39 is 11.9 Å². The summed E-state index contributed by atoms with van der Waals surface area (Å²) in [5.41, 5.74) is 1.36. The molecule has 122 valence electrons. The van der Waals surface area contributed by atoms with Crippen molar-refractivity contribution in [2.45, 2.75) is 23.9 Å². The molecule has 2 heterocycles. The van der Waals surface area contributed by atoms with Gasteiger partial charge in [0.25, 0.3) is 0 Å². The molecular formula is C15H9F3N4OS. The number of halogens is 3. The number of rotatable bonds is 3. The van der Waals surface area contributed by atoms with E-state index >= 15 is 0 Å². The van der Waals surface area contributed by atoms with E-state index in [0.29, 0.717) is 16.8 Å². The number of hydrogen-bond acceptors (Lipinski definition) is 6. The van der Waals surface area contributed by atoms with Crippen LogP contribution in [0.4, 0.5) is 13.2 Å². The zero-order chi connectivity index (χ0) is 17.3. The molecule has 9 heteroatoms. The Balaban J connectivity index is 1.90. The molecule has 0 aliphatic carbocycles. The molecule has 0 saturated heterocycles. The Hall–Kier alpha value is -2.60. The fourth-order valence-corrected chi connectivity index (χ4v) is 3.10. The van der Waals surface area contributed by atoms with E-state index in [1.165, 1.54) is 6.92 Å². The van der Waals surface area contributed by atoms with E-state index in [2.05, 4.69) is 19.9 Å². The Labute approximate surface area is 138 Å². The molecule has 0 aliphatic rings. The maximum atomic E-state index is 12.9. The molecule has 0 bridgehead atoms. The quantitative estimate of drug-likeness (QED) is 0.662. The van der Waals surface area contributed by atoms with Crippen molar-refractivity contribution in [3.63, 3.8) is 0 Å². The van der Waals surface area contributed by atoms with Crippen molar-refractivity contribution in [2.24, 2.45) is 0 Å². The second-order valence-electron chi connectivity index (χ2n) is 4.99. The van der Waals surface area contributed by atoms with Crippen LogP contribution in [0.3, 0.4) is 0 Å². The van der Waals surface area contributed by atoms with Crippen LogP contribution in [-0.2, 0) is 11.9 Å². The lowest BCUT2D eigenvalue weighted by atomic mass is 10.1. The summed E-state index contributed by atoms with van der Waals surface area (Å²) in [5.74, 6) is 0.339. The maximum absolute atomic E-state index is 12.9. The average molecular weight is 350 g/mol. The molecule has 1 aromatic carbocycles. The summed E-state index contributed by atoms with van der Waals surface area (Å²) >= 11 is 1.07. The standard InChI is InChI=1S/C15H9F3N4OS/c1-8-4-13(15(16,17)18)20-14(10(8)6-19)24-7-9-2-3-11-12(5-9)22-23-21-11/h2-5H,7H2,1H3. The Morgan fingerprint density at radius 2 is 1.96 bits per heavy atom. The van der Waals surface area contributed by atoms with E-state index in [1.807, 2.05) is 6.07 Å². The van der Waals surface area contributed by atoms with Gasteiger partial charge in [0.15, 0.2) is 0 Å². The monoisotopic (exact) mass is 350 g/mol. The van der Waals surface area contributed by atoms with Gasteiger partial charge in [-0.15, -0.1) is 11.8 Å². The van der Waals surface area contributed by atoms with Crippen molar-refractivity contribution >= 4 is 22.8 Å². The Kier molecular flexibility index (Phi) is 4.15. The SMILES string of the molecule is Cc1cc(C(F)(F)F)nc(SCc2ccc3nonc3c2)c1C#N. The van der Waals surface area contributed by atoms with Crippen LogP contribution in [0.5, 0.6) is 0 Å². The average Bonchev–Trinajstić information content (AvgIpc) is 2.99. The van der Waals surface area contributed by atoms with Crippen molar-refractivity contribution < 1.29 is 17.8 Å². The molecule has 0 saturated carbocycles. The van der Waals surface area contributed by atoms with Gasteiger partial charge >= 0.3 is 6.18 Å². The predicted octanol–water partition coefficient (Wildman–Crippen LogP) is 4.11. The topological polar surface area (TPSA) is 75.6 Å². The van der Waals surface area contributed by atoms with E-state index in [-0.39, 0.29) is 16.2 Å². The minimum absolute atomic E-state index is 0.0585. The second kappa shape index (κ2) is 6.13. The third kappa shape index (κ3) is 3.19. The van der Waals surface area contributed by atoms with Crippen LogP contribution in [0, 0.1) is 18.3 Å². The fourth-order valence-electron chi connectivity index (χ4n) is 2.10. The van der Waals surface area contributed by atoms with Crippen molar-refractivity contribution in [3.8, 4) is 6.07 Å². The van der Waals surface area contributed by atoms with Crippen molar-refractivity contribution in [2.75, 3.05) is 0 Å². The van der Waals surface area contributed by atoms with Crippen LogP contribution in [0.25, 0.3) is 11.0 Å². The zero-order valence-electron chi connectivity index (χ0n) is 12.3. The lowest BCUT2D eigenvalue weighted by molar-refractivity contribution is -0.141. The second-order valence-corrected chi connectivity index (χ2v) is 5.95. The number of fused-ring (bicyclic) bond motifs is 1. The fraction of sp³-hybridized carbons (Fsp3) is 0.200. The Bertz CT molecular complexity index is 946.